The molecule has 1 heterocycles. The third-order valence-electron chi connectivity index (χ3n) is 2.06. The Morgan fingerprint density at radius 3 is 3.07 bits per heavy atom. The zero-order valence-electron chi connectivity index (χ0n) is 9.23. The second-order valence-electron chi connectivity index (χ2n) is 3.40. The van der Waals surface area contributed by atoms with Gasteiger partial charge in [0.15, 0.2) is 0 Å². The molecule has 0 saturated heterocycles. The third-order valence-corrected chi connectivity index (χ3v) is 2.06. The smallest absolute Gasteiger partial charge is 0.226 e. The Kier molecular flexibility index (Phi) is 4.83. The van der Waals surface area contributed by atoms with Crippen molar-refractivity contribution in [2.45, 2.75) is 25.8 Å². The van der Waals surface area contributed by atoms with Crippen molar-refractivity contribution in [1.29, 1.82) is 0 Å². The SMILES string of the molecule is COc1ccnc(NC(C)CCCN)n1. The molecule has 0 aliphatic carbocycles. The molecule has 0 radical (unpaired) electrons. The fourth-order valence-electron chi connectivity index (χ4n) is 1.24. The van der Waals surface area contributed by atoms with Gasteiger partial charge in [-0.1, -0.05) is 0 Å². The highest BCUT2D eigenvalue weighted by Gasteiger charge is 2.04. The van der Waals surface area contributed by atoms with Crippen LogP contribution in [0.4, 0.5) is 5.95 Å². The van der Waals surface area contributed by atoms with E-state index in [-0.39, 0.29) is 0 Å². The number of hydrogen-bond donors (Lipinski definition) is 2. The van der Waals surface area contributed by atoms with E-state index in [2.05, 4.69) is 22.2 Å². The van der Waals surface area contributed by atoms with Gasteiger partial charge in [0.2, 0.25) is 11.8 Å². The highest BCUT2D eigenvalue weighted by molar-refractivity contribution is 5.28. The lowest BCUT2D eigenvalue weighted by molar-refractivity contribution is 0.397. The number of nitrogens with one attached hydrogen (secondary N) is 1. The van der Waals surface area contributed by atoms with Gasteiger partial charge < -0.3 is 15.8 Å². The van der Waals surface area contributed by atoms with E-state index in [9.17, 15) is 0 Å². The van der Waals surface area contributed by atoms with Crippen LogP contribution < -0.4 is 15.8 Å². The molecule has 0 aliphatic rings. The van der Waals surface area contributed by atoms with E-state index < -0.39 is 0 Å². The number of hydrogen-bond acceptors (Lipinski definition) is 5. The lowest BCUT2D eigenvalue weighted by atomic mass is 10.2. The first kappa shape index (κ1) is 11.7. The first-order chi connectivity index (χ1) is 7.26. The van der Waals surface area contributed by atoms with E-state index in [1.165, 1.54) is 0 Å². The van der Waals surface area contributed by atoms with Crippen LogP contribution in [0.15, 0.2) is 12.3 Å². The molecule has 1 aromatic heterocycles. The molecule has 0 amide bonds. The molecule has 0 aliphatic heterocycles. The molecule has 0 spiro atoms. The van der Waals surface area contributed by atoms with Gasteiger partial charge in [0.25, 0.3) is 0 Å². The molecule has 0 fully saturated rings. The van der Waals surface area contributed by atoms with Crippen molar-refractivity contribution in [1.82, 2.24) is 9.97 Å². The molecule has 0 saturated carbocycles. The van der Waals surface area contributed by atoms with E-state index in [1.54, 1.807) is 19.4 Å². The zero-order chi connectivity index (χ0) is 11.1. The second kappa shape index (κ2) is 6.19. The number of nitrogens with zero attached hydrogens (tertiary/aromatic N) is 2. The molecule has 1 rings (SSSR count). The van der Waals surface area contributed by atoms with Crippen LogP contribution in [-0.2, 0) is 0 Å². The Morgan fingerprint density at radius 1 is 1.60 bits per heavy atom. The largest absolute Gasteiger partial charge is 0.481 e. The minimum Gasteiger partial charge on any atom is -0.481 e. The number of aromatic nitrogens is 2. The molecule has 15 heavy (non-hydrogen) atoms. The van der Waals surface area contributed by atoms with Crippen molar-refractivity contribution >= 4 is 5.95 Å². The summed E-state index contributed by atoms with van der Waals surface area (Å²) in [6.45, 7) is 2.80. The monoisotopic (exact) mass is 210 g/mol. The van der Waals surface area contributed by atoms with Crippen LogP contribution in [0.5, 0.6) is 5.88 Å². The first-order valence-corrected chi connectivity index (χ1v) is 5.10. The standard InChI is InChI=1S/C10H18N4O/c1-8(4-3-6-11)13-10-12-7-5-9(14-10)15-2/h5,7-8H,3-4,6,11H2,1-2H3,(H,12,13,14). The Bertz CT molecular complexity index is 293. The molecule has 0 aromatic carbocycles. The number of methoxy groups -OCH3 is 1. The van der Waals surface area contributed by atoms with Crippen LogP contribution in [0.3, 0.4) is 0 Å². The number of anilines is 1. The molecule has 1 unspecified atom stereocenters. The number of nitrogens with two attached hydrogens (primary N) is 1. The average molecular weight is 210 g/mol. The van der Waals surface area contributed by atoms with Crippen molar-refractivity contribution in [3.8, 4) is 5.88 Å². The maximum absolute atomic E-state index is 5.44. The predicted octanol–water partition coefficient (Wildman–Crippen LogP) is 1.02. The molecule has 3 N–H and O–H groups in total. The number of ether oxygens (including phenoxy) is 1. The quantitative estimate of drug-likeness (QED) is 0.733. The Labute approximate surface area is 90.1 Å². The molecular weight excluding hydrogens is 192 g/mol. The van der Waals surface area contributed by atoms with E-state index >= 15 is 0 Å². The molecule has 5 nitrogen and oxygen atoms in total. The van der Waals surface area contributed by atoms with Crippen LogP contribution in [-0.4, -0.2) is 29.7 Å². The molecule has 1 atom stereocenters. The second-order valence-corrected chi connectivity index (χ2v) is 3.40. The lowest BCUT2D eigenvalue weighted by Crippen LogP contribution is -2.18. The summed E-state index contributed by atoms with van der Waals surface area (Å²) >= 11 is 0. The topological polar surface area (TPSA) is 73.1 Å². The molecular formula is C10H18N4O. The fourth-order valence-corrected chi connectivity index (χ4v) is 1.24. The summed E-state index contributed by atoms with van der Waals surface area (Å²) in [6, 6.07) is 2.04. The molecule has 84 valence electrons. The maximum Gasteiger partial charge on any atom is 0.226 e. The van der Waals surface area contributed by atoms with Gasteiger partial charge in [0, 0.05) is 18.3 Å². The van der Waals surface area contributed by atoms with Gasteiger partial charge in [-0.05, 0) is 26.3 Å². The van der Waals surface area contributed by atoms with Gasteiger partial charge in [-0.2, -0.15) is 4.98 Å². The fraction of sp³-hybridized carbons (Fsp3) is 0.600. The average Bonchev–Trinajstić information content (AvgIpc) is 2.26. The van der Waals surface area contributed by atoms with Gasteiger partial charge >= 0.3 is 0 Å². The summed E-state index contributed by atoms with van der Waals surface area (Å²) < 4.78 is 5.01. The number of rotatable bonds is 6. The van der Waals surface area contributed by atoms with E-state index in [0.717, 1.165) is 12.8 Å². The Morgan fingerprint density at radius 2 is 2.40 bits per heavy atom. The highest BCUT2D eigenvalue weighted by Crippen LogP contribution is 2.09. The minimum atomic E-state index is 0.320. The molecule has 0 bridgehead atoms. The van der Waals surface area contributed by atoms with E-state index in [1.807, 2.05) is 0 Å². The van der Waals surface area contributed by atoms with Gasteiger partial charge in [-0.25, -0.2) is 4.98 Å². The Balaban J connectivity index is 2.48. The summed E-state index contributed by atoms with van der Waals surface area (Å²) in [4.78, 5) is 8.27. The Hall–Kier alpha value is -1.36. The lowest BCUT2D eigenvalue weighted by Gasteiger charge is -2.13. The van der Waals surface area contributed by atoms with Crippen molar-refractivity contribution in [2.24, 2.45) is 5.73 Å². The summed E-state index contributed by atoms with van der Waals surface area (Å²) in [5.41, 5.74) is 5.44. The van der Waals surface area contributed by atoms with Crippen LogP contribution in [0, 0.1) is 0 Å². The summed E-state index contributed by atoms with van der Waals surface area (Å²) in [7, 11) is 1.59. The van der Waals surface area contributed by atoms with Gasteiger partial charge in [-0.3, -0.25) is 0 Å². The molecule has 1 aromatic rings. The summed E-state index contributed by atoms with van der Waals surface area (Å²) in [5.74, 6) is 1.16. The first-order valence-electron chi connectivity index (χ1n) is 5.10. The maximum atomic E-state index is 5.44. The normalized spacial score (nSPS) is 12.2. The van der Waals surface area contributed by atoms with Gasteiger partial charge in [-0.15, -0.1) is 0 Å². The van der Waals surface area contributed by atoms with Crippen molar-refractivity contribution in [3.05, 3.63) is 12.3 Å². The highest BCUT2D eigenvalue weighted by atomic mass is 16.5. The van der Waals surface area contributed by atoms with Gasteiger partial charge in [0.05, 0.1) is 7.11 Å². The van der Waals surface area contributed by atoms with Crippen LogP contribution in [0.25, 0.3) is 0 Å². The minimum absolute atomic E-state index is 0.320. The summed E-state index contributed by atoms with van der Waals surface area (Å²) in [5, 5.41) is 3.19. The van der Waals surface area contributed by atoms with E-state index in [0.29, 0.717) is 24.4 Å². The van der Waals surface area contributed by atoms with Crippen molar-refractivity contribution < 1.29 is 4.74 Å². The van der Waals surface area contributed by atoms with Crippen molar-refractivity contribution in [2.75, 3.05) is 19.0 Å². The molecule has 5 heteroatoms. The van der Waals surface area contributed by atoms with Crippen molar-refractivity contribution in [3.63, 3.8) is 0 Å². The zero-order valence-corrected chi connectivity index (χ0v) is 9.23. The van der Waals surface area contributed by atoms with Crippen LogP contribution in [0.1, 0.15) is 19.8 Å². The van der Waals surface area contributed by atoms with Gasteiger partial charge in [0.1, 0.15) is 0 Å². The van der Waals surface area contributed by atoms with E-state index in [4.69, 9.17) is 10.5 Å². The van der Waals surface area contributed by atoms with Crippen LogP contribution >= 0.6 is 0 Å². The third kappa shape index (κ3) is 4.12. The summed E-state index contributed by atoms with van der Waals surface area (Å²) in [6.07, 6.45) is 3.68. The van der Waals surface area contributed by atoms with Crippen LogP contribution in [0.2, 0.25) is 0 Å². The predicted molar refractivity (Wildman–Crippen MR) is 60.0 cm³/mol.